The minimum Gasteiger partial charge on any atom is -0.381 e. The van der Waals surface area contributed by atoms with Crippen LogP contribution in [0.15, 0.2) is 24.3 Å². The van der Waals surface area contributed by atoms with Crippen LogP contribution in [0.1, 0.15) is 24.5 Å². The van der Waals surface area contributed by atoms with E-state index in [1.54, 1.807) is 0 Å². The first-order valence-electron chi connectivity index (χ1n) is 5.46. The summed E-state index contributed by atoms with van der Waals surface area (Å²) >= 11 is 0. The maximum atomic E-state index is 5.51. The van der Waals surface area contributed by atoms with Crippen molar-refractivity contribution in [3.8, 4) is 0 Å². The van der Waals surface area contributed by atoms with E-state index in [-0.39, 0.29) is 0 Å². The van der Waals surface area contributed by atoms with Crippen LogP contribution in [0.2, 0.25) is 0 Å². The van der Waals surface area contributed by atoms with E-state index < -0.39 is 0 Å². The second-order valence-corrected chi connectivity index (χ2v) is 4.07. The Morgan fingerprint density at radius 3 is 3.13 bits per heavy atom. The van der Waals surface area contributed by atoms with Crippen LogP contribution in [0.3, 0.4) is 0 Å². The SMILES string of the molecule is c1ccc2c(C3CCCOC3)[nH]nc2c1. The number of hydrogen-bond donors (Lipinski definition) is 1. The van der Waals surface area contributed by atoms with Gasteiger partial charge in [0.25, 0.3) is 0 Å². The molecule has 3 heteroatoms. The molecule has 1 aromatic heterocycles. The third kappa shape index (κ3) is 1.53. The average Bonchev–Trinajstić information content (AvgIpc) is 2.74. The van der Waals surface area contributed by atoms with Crippen molar-refractivity contribution in [2.75, 3.05) is 13.2 Å². The van der Waals surface area contributed by atoms with Crippen LogP contribution >= 0.6 is 0 Å². The Bertz CT molecular complexity index is 457. The minimum absolute atomic E-state index is 0.492. The van der Waals surface area contributed by atoms with Crippen LogP contribution in [-0.4, -0.2) is 23.4 Å². The number of nitrogens with zero attached hydrogens (tertiary/aromatic N) is 1. The second kappa shape index (κ2) is 3.66. The van der Waals surface area contributed by atoms with E-state index in [1.165, 1.54) is 17.5 Å². The van der Waals surface area contributed by atoms with Crippen molar-refractivity contribution in [2.45, 2.75) is 18.8 Å². The van der Waals surface area contributed by atoms with Crippen LogP contribution in [0.4, 0.5) is 0 Å². The molecular formula is C12H14N2O. The predicted molar refractivity (Wildman–Crippen MR) is 58.9 cm³/mol. The number of rotatable bonds is 1. The number of aromatic amines is 1. The molecule has 0 bridgehead atoms. The molecule has 3 rings (SSSR count). The fourth-order valence-corrected chi connectivity index (χ4v) is 2.26. The summed E-state index contributed by atoms with van der Waals surface area (Å²) in [6.07, 6.45) is 2.35. The molecule has 0 radical (unpaired) electrons. The van der Waals surface area contributed by atoms with Gasteiger partial charge in [-0.25, -0.2) is 0 Å². The van der Waals surface area contributed by atoms with E-state index in [0.717, 1.165) is 25.2 Å². The van der Waals surface area contributed by atoms with Crippen LogP contribution in [0, 0.1) is 0 Å². The van der Waals surface area contributed by atoms with Gasteiger partial charge in [0.15, 0.2) is 0 Å². The molecule has 0 saturated carbocycles. The van der Waals surface area contributed by atoms with Gasteiger partial charge in [0.1, 0.15) is 0 Å². The Morgan fingerprint density at radius 2 is 2.27 bits per heavy atom. The Morgan fingerprint density at radius 1 is 1.33 bits per heavy atom. The molecule has 78 valence electrons. The van der Waals surface area contributed by atoms with E-state index in [1.807, 2.05) is 12.1 Å². The summed E-state index contributed by atoms with van der Waals surface area (Å²) in [4.78, 5) is 0. The third-order valence-electron chi connectivity index (χ3n) is 3.06. The first-order chi connectivity index (χ1) is 7.45. The highest BCUT2D eigenvalue weighted by atomic mass is 16.5. The maximum absolute atomic E-state index is 5.51. The van der Waals surface area contributed by atoms with Gasteiger partial charge < -0.3 is 4.74 Å². The largest absolute Gasteiger partial charge is 0.381 e. The van der Waals surface area contributed by atoms with Gasteiger partial charge in [-0.2, -0.15) is 5.10 Å². The zero-order chi connectivity index (χ0) is 10.1. The number of ether oxygens (including phenoxy) is 1. The molecule has 1 fully saturated rings. The molecule has 1 aliphatic heterocycles. The molecular weight excluding hydrogens is 188 g/mol. The van der Waals surface area contributed by atoms with Crippen molar-refractivity contribution in [1.29, 1.82) is 0 Å². The zero-order valence-electron chi connectivity index (χ0n) is 8.57. The maximum Gasteiger partial charge on any atom is 0.0923 e. The van der Waals surface area contributed by atoms with Gasteiger partial charge in [-0.05, 0) is 18.9 Å². The van der Waals surface area contributed by atoms with Crippen LogP contribution in [0.5, 0.6) is 0 Å². The lowest BCUT2D eigenvalue weighted by molar-refractivity contribution is 0.0796. The first kappa shape index (κ1) is 8.92. The lowest BCUT2D eigenvalue weighted by Gasteiger charge is -2.20. The van der Waals surface area contributed by atoms with Crippen molar-refractivity contribution in [3.63, 3.8) is 0 Å². The van der Waals surface area contributed by atoms with Gasteiger partial charge in [0.05, 0.1) is 12.1 Å². The average molecular weight is 202 g/mol. The van der Waals surface area contributed by atoms with E-state index in [2.05, 4.69) is 22.3 Å². The number of para-hydroxylation sites is 1. The van der Waals surface area contributed by atoms with Crippen molar-refractivity contribution >= 4 is 10.9 Å². The van der Waals surface area contributed by atoms with Gasteiger partial charge in [0.2, 0.25) is 0 Å². The molecule has 0 amide bonds. The van der Waals surface area contributed by atoms with Crippen LogP contribution in [0.25, 0.3) is 10.9 Å². The third-order valence-corrected chi connectivity index (χ3v) is 3.06. The highest BCUT2D eigenvalue weighted by molar-refractivity contribution is 5.81. The molecule has 1 N–H and O–H groups in total. The Hall–Kier alpha value is -1.35. The topological polar surface area (TPSA) is 37.9 Å². The molecule has 1 unspecified atom stereocenters. The number of fused-ring (bicyclic) bond motifs is 1. The molecule has 15 heavy (non-hydrogen) atoms. The number of nitrogens with one attached hydrogen (secondary N) is 1. The van der Waals surface area contributed by atoms with Crippen molar-refractivity contribution < 1.29 is 4.74 Å². The number of H-pyrrole nitrogens is 1. The van der Waals surface area contributed by atoms with E-state index in [0.29, 0.717) is 5.92 Å². The Kier molecular flexibility index (Phi) is 2.18. The Labute approximate surface area is 88.4 Å². The molecule has 0 aliphatic carbocycles. The van der Waals surface area contributed by atoms with Gasteiger partial charge >= 0.3 is 0 Å². The molecule has 1 saturated heterocycles. The van der Waals surface area contributed by atoms with E-state index in [4.69, 9.17) is 4.74 Å². The highest BCUT2D eigenvalue weighted by Gasteiger charge is 2.19. The fraction of sp³-hybridized carbons (Fsp3) is 0.417. The van der Waals surface area contributed by atoms with Gasteiger partial charge in [-0.1, -0.05) is 18.2 Å². The standard InChI is InChI=1S/C12H14N2O/c1-2-6-11-10(5-1)12(14-13-11)9-4-3-7-15-8-9/h1-2,5-6,9H,3-4,7-8H2,(H,13,14). The minimum atomic E-state index is 0.492. The second-order valence-electron chi connectivity index (χ2n) is 4.07. The highest BCUT2D eigenvalue weighted by Crippen LogP contribution is 2.28. The van der Waals surface area contributed by atoms with E-state index in [9.17, 15) is 0 Å². The summed E-state index contributed by atoms with van der Waals surface area (Å²) in [6, 6.07) is 8.25. The summed E-state index contributed by atoms with van der Waals surface area (Å²) in [5, 5.41) is 8.71. The van der Waals surface area contributed by atoms with E-state index >= 15 is 0 Å². The molecule has 0 spiro atoms. The Balaban J connectivity index is 2.02. The van der Waals surface area contributed by atoms with Crippen molar-refractivity contribution in [1.82, 2.24) is 10.2 Å². The first-order valence-corrected chi connectivity index (χ1v) is 5.46. The molecule has 1 atom stereocenters. The predicted octanol–water partition coefficient (Wildman–Crippen LogP) is 2.46. The molecule has 1 aromatic carbocycles. The summed E-state index contributed by atoms with van der Waals surface area (Å²) in [5.74, 6) is 0.492. The normalized spacial score (nSPS) is 22.0. The van der Waals surface area contributed by atoms with Gasteiger partial charge in [-0.15, -0.1) is 0 Å². The monoisotopic (exact) mass is 202 g/mol. The van der Waals surface area contributed by atoms with Crippen molar-refractivity contribution in [2.24, 2.45) is 0 Å². The molecule has 2 heterocycles. The van der Waals surface area contributed by atoms with Gasteiger partial charge in [0, 0.05) is 23.6 Å². The quantitative estimate of drug-likeness (QED) is 0.771. The van der Waals surface area contributed by atoms with Crippen LogP contribution in [-0.2, 0) is 4.74 Å². The molecule has 3 nitrogen and oxygen atoms in total. The molecule has 1 aliphatic rings. The number of hydrogen-bond acceptors (Lipinski definition) is 2. The van der Waals surface area contributed by atoms with Crippen LogP contribution < -0.4 is 0 Å². The summed E-state index contributed by atoms with van der Waals surface area (Å²) in [6.45, 7) is 1.73. The summed E-state index contributed by atoms with van der Waals surface area (Å²) < 4.78 is 5.51. The number of aromatic nitrogens is 2. The van der Waals surface area contributed by atoms with Gasteiger partial charge in [-0.3, -0.25) is 5.10 Å². The lowest BCUT2D eigenvalue weighted by atomic mass is 9.96. The fourth-order valence-electron chi connectivity index (χ4n) is 2.26. The smallest absolute Gasteiger partial charge is 0.0923 e. The van der Waals surface area contributed by atoms with Crippen molar-refractivity contribution in [3.05, 3.63) is 30.0 Å². The number of benzene rings is 1. The summed E-state index contributed by atoms with van der Waals surface area (Å²) in [7, 11) is 0. The molecule has 2 aromatic rings. The zero-order valence-corrected chi connectivity index (χ0v) is 8.57. The lowest BCUT2D eigenvalue weighted by Crippen LogP contribution is -2.15. The summed E-state index contributed by atoms with van der Waals surface area (Å²) in [5.41, 5.74) is 2.29.